The van der Waals surface area contributed by atoms with Crippen LogP contribution in [0.5, 0.6) is 0 Å². The second-order valence-corrected chi connectivity index (χ2v) is 4.91. The van der Waals surface area contributed by atoms with Crippen molar-refractivity contribution in [3.8, 4) is 0 Å². The number of para-hydroxylation sites is 1. The van der Waals surface area contributed by atoms with Gasteiger partial charge in [0.15, 0.2) is 0 Å². The van der Waals surface area contributed by atoms with Crippen LogP contribution in [0.25, 0.3) is 0 Å². The Morgan fingerprint density at radius 2 is 2.17 bits per heavy atom. The number of hydrogen-bond donors (Lipinski definition) is 2. The van der Waals surface area contributed by atoms with Crippen LogP contribution in [0.4, 0.5) is 11.4 Å². The number of carbonyl (C=O) groups excluding carboxylic acids is 1. The molecule has 1 amide bonds. The van der Waals surface area contributed by atoms with E-state index in [2.05, 4.69) is 5.32 Å². The first-order chi connectivity index (χ1) is 8.47. The highest BCUT2D eigenvalue weighted by Crippen LogP contribution is 2.32. The molecule has 1 unspecified atom stereocenters. The van der Waals surface area contributed by atoms with Gasteiger partial charge in [-0.25, -0.2) is 0 Å². The van der Waals surface area contributed by atoms with Gasteiger partial charge in [-0.05, 0) is 25.1 Å². The van der Waals surface area contributed by atoms with E-state index in [-0.39, 0.29) is 11.8 Å². The Kier molecular flexibility index (Phi) is 5.44. The van der Waals surface area contributed by atoms with Gasteiger partial charge in [0.25, 0.3) is 0 Å². The van der Waals surface area contributed by atoms with Crippen molar-refractivity contribution >= 4 is 28.9 Å². The molecule has 0 heterocycles. The summed E-state index contributed by atoms with van der Waals surface area (Å²) in [4.78, 5) is 13.8. The van der Waals surface area contributed by atoms with Gasteiger partial charge >= 0.3 is 0 Å². The number of hydrogen-bond acceptors (Lipinski definition) is 3. The molecule has 0 aliphatic rings. The number of amides is 1. The Morgan fingerprint density at radius 3 is 2.72 bits per heavy atom. The molecule has 1 aromatic carbocycles. The van der Waals surface area contributed by atoms with Crippen LogP contribution in [0.2, 0.25) is 5.02 Å². The predicted molar refractivity (Wildman–Crippen MR) is 77.2 cm³/mol. The Labute approximate surface area is 113 Å². The van der Waals surface area contributed by atoms with Crippen LogP contribution < -0.4 is 16.0 Å². The van der Waals surface area contributed by atoms with Crippen molar-refractivity contribution in [1.29, 1.82) is 0 Å². The first-order valence-electron chi connectivity index (χ1n) is 5.94. The topological polar surface area (TPSA) is 58.4 Å². The van der Waals surface area contributed by atoms with Gasteiger partial charge in [0.05, 0.1) is 16.4 Å². The molecule has 0 aliphatic carbocycles. The van der Waals surface area contributed by atoms with E-state index in [0.29, 0.717) is 18.0 Å². The van der Waals surface area contributed by atoms with Gasteiger partial charge in [0, 0.05) is 20.0 Å². The van der Waals surface area contributed by atoms with E-state index in [1.54, 1.807) is 6.07 Å². The Balaban J connectivity index is 2.91. The zero-order valence-electron chi connectivity index (χ0n) is 11.0. The molecule has 0 bridgehead atoms. The minimum Gasteiger partial charge on any atom is -0.375 e. The summed E-state index contributed by atoms with van der Waals surface area (Å²) in [6, 6.07) is 5.46. The molecule has 1 aromatic rings. The highest BCUT2D eigenvalue weighted by molar-refractivity contribution is 6.34. The van der Waals surface area contributed by atoms with Gasteiger partial charge in [-0.15, -0.1) is 0 Å². The molecule has 5 heteroatoms. The second-order valence-electron chi connectivity index (χ2n) is 4.50. The molecule has 0 radical (unpaired) electrons. The third-order valence-electron chi connectivity index (χ3n) is 2.74. The van der Waals surface area contributed by atoms with Gasteiger partial charge in [0.1, 0.15) is 0 Å². The molecule has 0 spiro atoms. The van der Waals surface area contributed by atoms with E-state index >= 15 is 0 Å². The number of carbonyl (C=O) groups is 1. The molecule has 3 N–H and O–H groups in total. The van der Waals surface area contributed by atoms with E-state index in [1.807, 2.05) is 38.1 Å². The average molecular weight is 270 g/mol. The summed E-state index contributed by atoms with van der Waals surface area (Å²) in [5.74, 6) is -0.144. The maximum atomic E-state index is 12.0. The van der Waals surface area contributed by atoms with Crippen molar-refractivity contribution in [2.75, 3.05) is 30.9 Å². The SMILES string of the molecule is CC(CCN)C(=O)Nc1cccc(Cl)c1N(C)C. The molecule has 1 rings (SSSR count). The van der Waals surface area contributed by atoms with Crippen molar-refractivity contribution in [2.45, 2.75) is 13.3 Å². The highest BCUT2D eigenvalue weighted by Gasteiger charge is 2.15. The summed E-state index contributed by atoms with van der Waals surface area (Å²) >= 11 is 6.14. The van der Waals surface area contributed by atoms with E-state index < -0.39 is 0 Å². The van der Waals surface area contributed by atoms with Crippen LogP contribution in [-0.2, 0) is 4.79 Å². The van der Waals surface area contributed by atoms with Crippen molar-refractivity contribution in [3.05, 3.63) is 23.2 Å². The van der Waals surface area contributed by atoms with E-state index in [0.717, 1.165) is 11.4 Å². The molecule has 0 aromatic heterocycles. The van der Waals surface area contributed by atoms with E-state index in [4.69, 9.17) is 17.3 Å². The number of nitrogens with two attached hydrogens (primary N) is 1. The number of halogens is 1. The summed E-state index contributed by atoms with van der Waals surface area (Å²) in [6.45, 7) is 2.37. The lowest BCUT2D eigenvalue weighted by molar-refractivity contribution is -0.119. The molecule has 100 valence electrons. The minimum absolute atomic E-state index is 0.0363. The highest BCUT2D eigenvalue weighted by atomic mass is 35.5. The lowest BCUT2D eigenvalue weighted by Gasteiger charge is -2.20. The molecule has 0 saturated carbocycles. The largest absolute Gasteiger partial charge is 0.375 e. The smallest absolute Gasteiger partial charge is 0.227 e. The summed E-state index contributed by atoms with van der Waals surface area (Å²) in [5.41, 5.74) is 6.99. The van der Waals surface area contributed by atoms with E-state index in [1.165, 1.54) is 0 Å². The fourth-order valence-corrected chi connectivity index (χ4v) is 2.05. The Bertz CT molecular complexity index is 421. The molecule has 0 saturated heterocycles. The molecular weight excluding hydrogens is 250 g/mol. The average Bonchev–Trinajstić information content (AvgIpc) is 2.28. The fraction of sp³-hybridized carbons (Fsp3) is 0.462. The van der Waals surface area contributed by atoms with Crippen molar-refractivity contribution in [2.24, 2.45) is 11.7 Å². The minimum atomic E-state index is -0.107. The summed E-state index contributed by atoms with van der Waals surface area (Å²) in [7, 11) is 3.78. The monoisotopic (exact) mass is 269 g/mol. The number of benzene rings is 1. The molecule has 1 atom stereocenters. The normalized spacial score (nSPS) is 12.1. The second kappa shape index (κ2) is 6.61. The summed E-state index contributed by atoms with van der Waals surface area (Å²) < 4.78 is 0. The number of nitrogens with one attached hydrogen (secondary N) is 1. The third kappa shape index (κ3) is 3.62. The first kappa shape index (κ1) is 14.8. The van der Waals surface area contributed by atoms with Gasteiger partial charge in [0.2, 0.25) is 5.91 Å². The quantitative estimate of drug-likeness (QED) is 0.863. The number of nitrogens with zero attached hydrogens (tertiary/aromatic N) is 1. The zero-order chi connectivity index (χ0) is 13.7. The molecule has 0 aliphatic heterocycles. The van der Waals surface area contributed by atoms with Crippen LogP contribution in [0, 0.1) is 5.92 Å². The first-order valence-corrected chi connectivity index (χ1v) is 6.32. The third-order valence-corrected chi connectivity index (χ3v) is 3.04. The standard InChI is InChI=1S/C13H20ClN3O/c1-9(7-8-15)13(18)16-11-6-4-5-10(14)12(11)17(2)3/h4-6,9H,7-8,15H2,1-3H3,(H,16,18). The summed E-state index contributed by atoms with van der Waals surface area (Å²) in [6.07, 6.45) is 0.670. The molecular formula is C13H20ClN3O. The van der Waals surface area contributed by atoms with Crippen LogP contribution in [0.1, 0.15) is 13.3 Å². The van der Waals surface area contributed by atoms with Crippen LogP contribution in [0.15, 0.2) is 18.2 Å². The predicted octanol–water partition coefficient (Wildman–Crippen LogP) is 2.33. The van der Waals surface area contributed by atoms with Crippen LogP contribution in [-0.4, -0.2) is 26.5 Å². The zero-order valence-corrected chi connectivity index (χ0v) is 11.8. The molecule has 18 heavy (non-hydrogen) atoms. The maximum Gasteiger partial charge on any atom is 0.227 e. The molecule has 4 nitrogen and oxygen atoms in total. The van der Waals surface area contributed by atoms with Crippen LogP contribution >= 0.6 is 11.6 Å². The number of anilines is 2. The Morgan fingerprint density at radius 1 is 1.50 bits per heavy atom. The van der Waals surface area contributed by atoms with Gasteiger partial charge in [-0.3, -0.25) is 4.79 Å². The van der Waals surface area contributed by atoms with E-state index in [9.17, 15) is 4.79 Å². The van der Waals surface area contributed by atoms with Crippen molar-refractivity contribution in [1.82, 2.24) is 0 Å². The maximum absolute atomic E-state index is 12.0. The van der Waals surface area contributed by atoms with Gasteiger partial charge in [-0.1, -0.05) is 24.6 Å². The lowest BCUT2D eigenvalue weighted by atomic mass is 10.1. The fourth-order valence-electron chi connectivity index (χ4n) is 1.71. The van der Waals surface area contributed by atoms with Crippen LogP contribution in [0.3, 0.4) is 0 Å². The lowest BCUT2D eigenvalue weighted by Crippen LogP contribution is -2.24. The summed E-state index contributed by atoms with van der Waals surface area (Å²) in [5, 5.41) is 3.51. The van der Waals surface area contributed by atoms with Gasteiger partial charge in [-0.2, -0.15) is 0 Å². The van der Waals surface area contributed by atoms with Gasteiger partial charge < -0.3 is 16.0 Å². The Hall–Kier alpha value is -1.26. The van der Waals surface area contributed by atoms with Crippen molar-refractivity contribution < 1.29 is 4.79 Å². The van der Waals surface area contributed by atoms with Crippen molar-refractivity contribution in [3.63, 3.8) is 0 Å². The molecule has 0 fully saturated rings. The number of rotatable bonds is 5.